The lowest BCUT2D eigenvalue weighted by Gasteiger charge is -2.39. The van der Waals surface area contributed by atoms with Gasteiger partial charge in [0.15, 0.2) is 0 Å². The van der Waals surface area contributed by atoms with E-state index in [2.05, 4.69) is 10.6 Å². The minimum absolute atomic E-state index is 0.0715. The molecule has 1 saturated heterocycles. The van der Waals surface area contributed by atoms with Crippen molar-refractivity contribution in [2.24, 2.45) is 13.0 Å². The maximum atomic E-state index is 14.1. The Balaban J connectivity index is 1.57. The monoisotopic (exact) mass is 626 g/mol. The summed E-state index contributed by atoms with van der Waals surface area (Å²) in [7, 11) is 7.70. The van der Waals surface area contributed by atoms with Gasteiger partial charge in [0.1, 0.15) is 24.0 Å². The quantitative estimate of drug-likeness (QED) is 0.377. The van der Waals surface area contributed by atoms with Crippen LogP contribution in [0.25, 0.3) is 10.9 Å². The van der Waals surface area contributed by atoms with Gasteiger partial charge in [-0.1, -0.05) is 19.3 Å². The lowest BCUT2D eigenvalue weighted by molar-refractivity contribution is -0.141. The van der Waals surface area contributed by atoms with Gasteiger partial charge in [-0.3, -0.25) is 24.0 Å². The molecule has 2 atom stereocenters. The van der Waals surface area contributed by atoms with Crippen LogP contribution in [0.4, 0.5) is 0 Å². The first kappa shape index (κ1) is 33.8. The van der Waals surface area contributed by atoms with Gasteiger partial charge in [0, 0.05) is 51.7 Å². The molecule has 2 fully saturated rings. The summed E-state index contributed by atoms with van der Waals surface area (Å²) in [5.74, 6) is -1.11. The lowest BCUT2D eigenvalue weighted by Crippen LogP contribution is -2.59. The third-order valence-electron chi connectivity index (χ3n) is 9.15. The Hall–Kier alpha value is -4.13. The first-order valence-electron chi connectivity index (χ1n) is 15.6. The molecule has 2 aliphatic rings. The van der Waals surface area contributed by atoms with Gasteiger partial charge in [-0.05, 0) is 44.9 Å². The summed E-state index contributed by atoms with van der Waals surface area (Å²) >= 11 is 0. The van der Waals surface area contributed by atoms with Crippen molar-refractivity contribution in [2.75, 3.05) is 61.0 Å². The van der Waals surface area contributed by atoms with Crippen molar-refractivity contribution < 1.29 is 33.4 Å². The Kier molecular flexibility index (Phi) is 11.1. The van der Waals surface area contributed by atoms with Crippen LogP contribution in [0.5, 0.6) is 5.75 Å². The summed E-state index contributed by atoms with van der Waals surface area (Å²) in [5.41, 5.74) is 1.00. The molecule has 1 aromatic carbocycles. The SMILES string of the molecule is CN[C@@H](C)C(=O)NC(C(=O)N1CCN(C(=O)c2c(C(=O)N(C)CC(=O)OC)c3ccc(OC)cc3n2C)CC1)C1CCCCC1. The Labute approximate surface area is 264 Å². The molecule has 13 nitrogen and oxygen atoms in total. The topological polar surface area (TPSA) is 143 Å². The molecule has 0 spiro atoms. The third-order valence-corrected chi connectivity index (χ3v) is 9.15. The number of aromatic nitrogens is 1. The van der Waals surface area contributed by atoms with Crippen LogP contribution in [-0.4, -0.2) is 122 Å². The second-order valence-corrected chi connectivity index (χ2v) is 11.9. The zero-order valence-corrected chi connectivity index (χ0v) is 27.2. The van der Waals surface area contributed by atoms with Gasteiger partial charge in [-0.25, -0.2) is 0 Å². The van der Waals surface area contributed by atoms with Gasteiger partial charge < -0.3 is 39.4 Å². The van der Waals surface area contributed by atoms with Gasteiger partial charge in [0.2, 0.25) is 11.8 Å². The first-order valence-corrected chi connectivity index (χ1v) is 15.6. The molecule has 4 rings (SSSR count). The number of esters is 1. The van der Waals surface area contributed by atoms with E-state index in [4.69, 9.17) is 9.47 Å². The Morgan fingerprint density at radius 3 is 2.24 bits per heavy atom. The predicted octanol–water partition coefficient (Wildman–Crippen LogP) is 1.39. The molecule has 2 N–H and O–H groups in total. The van der Waals surface area contributed by atoms with Gasteiger partial charge >= 0.3 is 5.97 Å². The minimum Gasteiger partial charge on any atom is -0.497 e. The zero-order chi connectivity index (χ0) is 32.8. The number of methoxy groups -OCH3 is 2. The fraction of sp³-hybridized carbons (Fsp3) is 0.594. The van der Waals surface area contributed by atoms with Crippen LogP contribution in [0.3, 0.4) is 0 Å². The molecule has 2 heterocycles. The van der Waals surface area contributed by atoms with E-state index in [0.29, 0.717) is 29.7 Å². The molecule has 1 aliphatic carbocycles. The molecule has 45 heavy (non-hydrogen) atoms. The Bertz CT molecular complexity index is 1420. The van der Waals surface area contributed by atoms with Crippen LogP contribution < -0.4 is 15.4 Å². The van der Waals surface area contributed by atoms with Crippen molar-refractivity contribution in [1.82, 2.24) is 29.9 Å². The maximum Gasteiger partial charge on any atom is 0.325 e. The molecule has 13 heteroatoms. The first-order chi connectivity index (χ1) is 21.5. The van der Waals surface area contributed by atoms with Crippen LogP contribution in [-0.2, 0) is 26.2 Å². The van der Waals surface area contributed by atoms with Crippen LogP contribution >= 0.6 is 0 Å². The largest absolute Gasteiger partial charge is 0.497 e. The van der Waals surface area contributed by atoms with Crippen molar-refractivity contribution in [3.05, 3.63) is 29.5 Å². The number of rotatable bonds is 10. The highest BCUT2D eigenvalue weighted by molar-refractivity contribution is 6.16. The van der Waals surface area contributed by atoms with Crippen molar-refractivity contribution in [1.29, 1.82) is 0 Å². The number of carbonyl (C=O) groups is 5. The number of likely N-dealkylation sites (N-methyl/N-ethyl adjacent to an activating group) is 2. The van der Waals surface area contributed by atoms with Crippen molar-refractivity contribution >= 4 is 40.5 Å². The molecule has 0 radical (unpaired) electrons. The standard InChI is InChI=1S/C32H46N6O7/c1-20(33-2)29(40)34-27(21-10-8-7-9-11-21)31(42)37-14-16-38(17-15-37)32(43)28-26(30(41)35(3)19-25(39)45-6)23-13-12-22(44-5)18-24(23)36(28)4/h12-13,18,20-21,27,33H,7-11,14-17,19H2,1-6H3,(H,34,40)/t20-,27?/m0/s1. The Morgan fingerprint density at radius 2 is 1.64 bits per heavy atom. The van der Waals surface area contributed by atoms with Crippen LogP contribution in [0.2, 0.25) is 0 Å². The second kappa shape index (κ2) is 14.8. The van der Waals surface area contributed by atoms with E-state index >= 15 is 0 Å². The summed E-state index contributed by atoms with van der Waals surface area (Å²) < 4.78 is 11.8. The summed E-state index contributed by atoms with van der Waals surface area (Å²) in [4.78, 5) is 71.0. The minimum atomic E-state index is -0.612. The molecule has 2 aromatic rings. The van der Waals surface area contributed by atoms with Gasteiger partial charge in [0.05, 0.1) is 31.3 Å². The highest BCUT2D eigenvalue weighted by Gasteiger charge is 2.37. The van der Waals surface area contributed by atoms with Gasteiger partial charge in [0.25, 0.3) is 11.8 Å². The zero-order valence-electron chi connectivity index (χ0n) is 27.2. The summed E-state index contributed by atoms with van der Waals surface area (Å²) in [6.07, 6.45) is 4.96. The summed E-state index contributed by atoms with van der Waals surface area (Å²) in [5, 5.41) is 6.50. The average molecular weight is 627 g/mol. The van der Waals surface area contributed by atoms with Crippen molar-refractivity contribution in [3.63, 3.8) is 0 Å². The molecular formula is C32H46N6O7. The van der Waals surface area contributed by atoms with Crippen LogP contribution in [0.1, 0.15) is 59.9 Å². The number of benzene rings is 1. The highest BCUT2D eigenvalue weighted by Crippen LogP contribution is 2.31. The number of amides is 4. The average Bonchev–Trinajstić information content (AvgIpc) is 3.36. The Morgan fingerprint density at radius 1 is 1.00 bits per heavy atom. The number of nitrogens with one attached hydrogen (secondary N) is 2. The van der Waals surface area contributed by atoms with Crippen LogP contribution in [0.15, 0.2) is 18.2 Å². The van der Waals surface area contributed by atoms with E-state index in [1.807, 2.05) is 0 Å². The van der Waals surface area contributed by atoms with E-state index in [-0.39, 0.29) is 54.5 Å². The molecule has 1 unspecified atom stereocenters. The molecule has 1 aromatic heterocycles. The second-order valence-electron chi connectivity index (χ2n) is 11.9. The van der Waals surface area contributed by atoms with Crippen LogP contribution in [0, 0.1) is 5.92 Å². The number of hydrogen-bond donors (Lipinski definition) is 2. The summed E-state index contributed by atoms with van der Waals surface area (Å²) in [6, 6.07) is 4.17. The fourth-order valence-corrected chi connectivity index (χ4v) is 6.27. The van der Waals surface area contributed by atoms with Crippen molar-refractivity contribution in [3.8, 4) is 5.75 Å². The number of hydrogen-bond acceptors (Lipinski definition) is 8. The smallest absolute Gasteiger partial charge is 0.325 e. The predicted molar refractivity (Wildman–Crippen MR) is 168 cm³/mol. The van der Waals surface area contributed by atoms with E-state index in [1.54, 1.807) is 60.7 Å². The molecule has 1 saturated carbocycles. The normalized spacial score (nSPS) is 17.0. The molecule has 246 valence electrons. The third kappa shape index (κ3) is 7.24. The number of ether oxygens (including phenoxy) is 2. The number of piperazine rings is 1. The number of aryl methyl sites for hydroxylation is 1. The van der Waals surface area contributed by atoms with Gasteiger partial charge in [-0.15, -0.1) is 0 Å². The molecule has 1 aliphatic heterocycles. The van der Waals surface area contributed by atoms with Gasteiger partial charge in [-0.2, -0.15) is 0 Å². The number of carbonyl (C=O) groups excluding carboxylic acids is 5. The summed E-state index contributed by atoms with van der Waals surface area (Å²) in [6.45, 7) is 2.61. The highest BCUT2D eigenvalue weighted by atomic mass is 16.5. The molecule has 0 bridgehead atoms. The van der Waals surface area contributed by atoms with E-state index < -0.39 is 24.0 Å². The fourth-order valence-electron chi connectivity index (χ4n) is 6.27. The lowest BCUT2D eigenvalue weighted by atomic mass is 9.83. The van der Waals surface area contributed by atoms with Crippen molar-refractivity contribution in [2.45, 2.75) is 51.1 Å². The van der Waals surface area contributed by atoms with E-state index in [0.717, 1.165) is 32.1 Å². The van der Waals surface area contributed by atoms with E-state index in [9.17, 15) is 24.0 Å². The maximum absolute atomic E-state index is 14.1. The van der Waals surface area contributed by atoms with E-state index in [1.165, 1.54) is 19.1 Å². The number of fused-ring (bicyclic) bond motifs is 1. The molecule has 4 amide bonds. The molecular weight excluding hydrogens is 580 g/mol. The number of nitrogens with zero attached hydrogens (tertiary/aromatic N) is 4.